The lowest BCUT2D eigenvalue weighted by Gasteiger charge is -2.13. The zero-order chi connectivity index (χ0) is 11.2. The van der Waals surface area contributed by atoms with Crippen molar-refractivity contribution in [2.24, 2.45) is 5.73 Å². The molecule has 1 aromatic carbocycles. The van der Waals surface area contributed by atoms with Crippen molar-refractivity contribution in [2.45, 2.75) is 18.3 Å². The lowest BCUT2D eigenvalue weighted by molar-refractivity contribution is -0.120. The molecule has 16 heavy (non-hydrogen) atoms. The van der Waals surface area contributed by atoms with Crippen LogP contribution in [0.25, 0.3) is 10.9 Å². The van der Waals surface area contributed by atoms with Crippen LogP contribution in [0.15, 0.2) is 36.5 Å². The van der Waals surface area contributed by atoms with Gasteiger partial charge in [0.2, 0.25) is 5.91 Å². The summed E-state index contributed by atoms with van der Waals surface area (Å²) in [7, 11) is 0. The summed E-state index contributed by atoms with van der Waals surface area (Å²) < 4.78 is 0. The summed E-state index contributed by atoms with van der Waals surface area (Å²) >= 11 is 0. The van der Waals surface area contributed by atoms with E-state index < -0.39 is 5.41 Å². The Morgan fingerprint density at radius 2 is 2.00 bits per heavy atom. The predicted octanol–water partition coefficient (Wildman–Crippen LogP) is 1.75. The molecule has 0 unspecified atom stereocenters. The summed E-state index contributed by atoms with van der Waals surface area (Å²) in [6.45, 7) is 0. The van der Waals surface area contributed by atoms with Gasteiger partial charge in [0.15, 0.2) is 0 Å². The smallest absolute Gasteiger partial charge is 0.228 e. The fourth-order valence-electron chi connectivity index (χ4n) is 2.29. The summed E-state index contributed by atoms with van der Waals surface area (Å²) in [5.74, 6) is -0.219. The molecule has 2 aromatic rings. The Morgan fingerprint density at radius 3 is 2.69 bits per heavy atom. The molecular formula is C13H12N2O. The number of fused-ring (bicyclic) bond motifs is 1. The molecule has 3 heteroatoms. The fourth-order valence-corrected chi connectivity index (χ4v) is 2.29. The zero-order valence-corrected chi connectivity index (χ0v) is 8.81. The van der Waals surface area contributed by atoms with Gasteiger partial charge in [-0.3, -0.25) is 9.78 Å². The van der Waals surface area contributed by atoms with Crippen LogP contribution in [-0.4, -0.2) is 10.9 Å². The lowest BCUT2D eigenvalue weighted by Crippen LogP contribution is -2.28. The number of hydrogen-bond donors (Lipinski definition) is 1. The molecule has 1 saturated carbocycles. The maximum absolute atomic E-state index is 11.5. The maximum atomic E-state index is 11.5. The van der Waals surface area contributed by atoms with E-state index >= 15 is 0 Å². The van der Waals surface area contributed by atoms with Crippen molar-refractivity contribution < 1.29 is 4.79 Å². The average molecular weight is 212 g/mol. The van der Waals surface area contributed by atoms with Gasteiger partial charge in [-0.15, -0.1) is 0 Å². The third-order valence-corrected chi connectivity index (χ3v) is 3.39. The number of carbonyl (C=O) groups excluding carboxylic acids is 1. The highest BCUT2D eigenvalue weighted by molar-refractivity contribution is 5.96. The predicted molar refractivity (Wildman–Crippen MR) is 61.8 cm³/mol. The first kappa shape index (κ1) is 9.33. The first-order chi connectivity index (χ1) is 7.74. The van der Waals surface area contributed by atoms with Crippen molar-refractivity contribution in [3.63, 3.8) is 0 Å². The van der Waals surface area contributed by atoms with E-state index in [-0.39, 0.29) is 5.91 Å². The van der Waals surface area contributed by atoms with Crippen LogP contribution in [0.4, 0.5) is 0 Å². The average Bonchev–Trinajstić information content (AvgIpc) is 3.09. The summed E-state index contributed by atoms with van der Waals surface area (Å²) in [4.78, 5) is 15.8. The van der Waals surface area contributed by atoms with Crippen LogP contribution in [0.5, 0.6) is 0 Å². The molecule has 0 atom stereocenters. The second-order valence-corrected chi connectivity index (χ2v) is 4.32. The van der Waals surface area contributed by atoms with Crippen LogP contribution >= 0.6 is 0 Å². The van der Waals surface area contributed by atoms with Gasteiger partial charge in [-0.1, -0.05) is 18.2 Å². The Balaban J connectivity index is 2.29. The van der Waals surface area contributed by atoms with Gasteiger partial charge in [0, 0.05) is 11.6 Å². The Kier molecular flexibility index (Phi) is 1.78. The number of nitrogens with zero attached hydrogens (tertiary/aromatic N) is 1. The molecule has 0 saturated heterocycles. The number of nitrogens with two attached hydrogens (primary N) is 1. The number of aromatic nitrogens is 1. The van der Waals surface area contributed by atoms with Crippen LogP contribution in [0.2, 0.25) is 0 Å². The molecule has 1 heterocycles. The van der Waals surface area contributed by atoms with E-state index in [4.69, 9.17) is 5.73 Å². The molecule has 0 radical (unpaired) electrons. The third kappa shape index (κ3) is 1.14. The topological polar surface area (TPSA) is 56.0 Å². The molecule has 1 amide bonds. The van der Waals surface area contributed by atoms with Crippen molar-refractivity contribution in [3.05, 3.63) is 42.1 Å². The third-order valence-electron chi connectivity index (χ3n) is 3.39. The zero-order valence-electron chi connectivity index (χ0n) is 8.81. The standard InChI is InChI=1S/C13H12N2O/c14-12(16)13(6-7-13)10-5-8-15-11-4-2-1-3-9(10)11/h1-5,8H,6-7H2,(H2,14,16). The number of benzene rings is 1. The van der Waals surface area contributed by atoms with Crippen molar-refractivity contribution >= 4 is 16.8 Å². The van der Waals surface area contributed by atoms with Crippen LogP contribution in [0, 0.1) is 0 Å². The van der Waals surface area contributed by atoms with E-state index in [9.17, 15) is 4.79 Å². The Morgan fingerprint density at radius 1 is 1.25 bits per heavy atom. The van der Waals surface area contributed by atoms with E-state index in [2.05, 4.69) is 4.98 Å². The minimum atomic E-state index is -0.428. The molecule has 0 bridgehead atoms. The number of para-hydroxylation sites is 1. The summed E-state index contributed by atoms with van der Waals surface area (Å²) in [6, 6.07) is 9.78. The van der Waals surface area contributed by atoms with Crippen LogP contribution < -0.4 is 5.73 Å². The minimum Gasteiger partial charge on any atom is -0.369 e. The lowest BCUT2D eigenvalue weighted by atomic mass is 9.92. The Bertz CT molecular complexity index is 568. The highest BCUT2D eigenvalue weighted by atomic mass is 16.1. The fraction of sp³-hybridized carbons (Fsp3) is 0.231. The number of amides is 1. The molecule has 1 fully saturated rings. The van der Waals surface area contributed by atoms with Gasteiger partial charge in [-0.25, -0.2) is 0 Å². The Hall–Kier alpha value is -1.90. The van der Waals surface area contributed by atoms with Crippen LogP contribution in [-0.2, 0) is 10.2 Å². The van der Waals surface area contributed by atoms with Crippen LogP contribution in [0.1, 0.15) is 18.4 Å². The normalized spacial score (nSPS) is 17.2. The molecular weight excluding hydrogens is 200 g/mol. The molecule has 1 aromatic heterocycles. The number of rotatable bonds is 2. The minimum absolute atomic E-state index is 0.219. The molecule has 1 aliphatic carbocycles. The van der Waals surface area contributed by atoms with Crippen molar-refractivity contribution in [2.75, 3.05) is 0 Å². The molecule has 80 valence electrons. The van der Waals surface area contributed by atoms with E-state index in [0.717, 1.165) is 29.3 Å². The first-order valence-corrected chi connectivity index (χ1v) is 5.38. The number of primary amides is 1. The number of pyridine rings is 1. The first-order valence-electron chi connectivity index (χ1n) is 5.38. The monoisotopic (exact) mass is 212 g/mol. The number of carbonyl (C=O) groups is 1. The van der Waals surface area contributed by atoms with Gasteiger partial charge in [0.25, 0.3) is 0 Å². The second-order valence-electron chi connectivity index (χ2n) is 4.32. The molecule has 0 aliphatic heterocycles. The highest BCUT2D eigenvalue weighted by Gasteiger charge is 2.50. The summed E-state index contributed by atoms with van der Waals surface area (Å²) in [6.07, 6.45) is 3.47. The SMILES string of the molecule is NC(=O)C1(c2ccnc3ccccc23)CC1. The van der Waals surface area contributed by atoms with E-state index in [1.54, 1.807) is 6.20 Å². The van der Waals surface area contributed by atoms with Crippen molar-refractivity contribution in [3.8, 4) is 0 Å². The molecule has 0 spiro atoms. The summed E-state index contributed by atoms with van der Waals surface area (Å²) in [5, 5.41) is 1.04. The van der Waals surface area contributed by atoms with Crippen LogP contribution in [0.3, 0.4) is 0 Å². The van der Waals surface area contributed by atoms with E-state index in [0.29, 0.717) is 0 Å². The molecule has 1 aliphatic rings. The molecule has 3 nitrogen and oxygen atoms in total. The van der Waals surface area contributed by atoms with Gasteiger partial charge in [0.05, 0.1) is 10.9 Å². The van der Waals surface area contributed by atoms with Gasteiger partial charge in [-0.05, 0) is 30.5 Å². The molecule has 3 rings (SSSR count). The molecule has 2 N–H and O–H groups in total. The van der Waals surface area contributed by atoms with Gasteiger partial charge < -0.3 is 5.73 Å². The highest BCUT2D eigenvalue weighted by Crippen LogP contribution is 2.49. The van der Waals surface area contributed by atoms with Crippen molar-refractivity contribution in [1.82, 2.24) is 4.98 Å². The summed E-state index contributed by atoms with van der Waals surface area (Å²) in [5.41, 5.74) is 7.03. The van der Waals surface area contributed by atoms with E-state index in [1.165, 1.54) is 0 Å². The second kappa shape index (κ2) is 3.04. The number of hydrogen-bond acceptors (Lipinski definition) is 2. The van der Waals surface area contributed by atoms with Gasteiger partial charge in [0.1, 0.15) is 0 Å². The van der Waals surface area contributed by atoms with E-state index in [1.807, 2.05) is 30.3 Å². The maximum Gasteiger partial charge on any atom is 0.228 e. The van der Waals surface area contributed by atoms with Crippen molar-refractivity contribution in [1.29, 1.82) is 0 Å². The Labute approximate surface area is 93.3 Å². The quantitative estimate of drug-likeness (QED) is 0.824. The van der Waals surface area contributed by atoms with Gasteiger partial charge >= 0.3 is 0 Å². The largest absolute Gasteiger partial charge is 0.369 e. The van der Waals surface area contributed by atoms with Gasteiger partial charge in [-0.2, -0.15) is 0 Å².